The van der Waals surface area contributed by atoms with Crippen LogP contribution in [0.5, 0.6) is 0 Å². The lowest BCUT2D eigenvalue weighted by Gasteiger charge is -2.26. The third-order valence-electron chi connectivity index (χ3n) is 3.80. The number of aryl methyl sites for hydroxylation is 1. The van der Waals surface area contributed by atoms with Crippen molar-refractivity contribution < 1.29 is 13.2 Å². The highest BCUT2D eigenvalue weighted by Crippen LogP contribution is 2.24. The zero-order valence-corrected chi connectivity index (χ0v) is 14.9. The number of unbranched alkanes of at least 4 members (excludes halogenated alkanes) is 1. The highest BCUT2D eigenvalue weighted by Gasteiger charge is 2.24. The first-order valence-corrected chi connectivity index (χ1v) is 9.31. The van der Waals surface area contributed by atoms with E-state index in [4.69, 9.17) is 0 Å². The van der Waals surface area contributed by atoms with Crippen LogP contribution >= 0.6 is 0 Å². The number of amides is 1. The number of nitrogens with zero attached hydrogens (tertiary/aromatic N) is 2. The van der Waals surface area contributed by atoms with Crippen LogP contribution in [0, 0.1) is 13.8 Å². The average molecular weight is 326 g/mol. The van der Waals surface area contributed by atoms with Crippen molar-refractivity contribution in [3.63, 3.8) is 0 Å². The Bertz CT molecular complexity index is 626. The molecule has 0 bridgehead atoms. The molecule has 0 aromatic heterocycles. The van der Waals surface area contributed by atoms with Crippen molar-refractivity contribution in [2.45, 2.75) is 33.6 Å². The van der Waals surface area contributed by atoms with E-state index in [1.165, 1.54) is 4.31 Å². The summed E-state index contributed by atoms with van der Waals surface area (Å²) >= 11 is 0. The molecule has 0 aliphatic rings. The average Bonchev–Trinajstić information content (AvgIpc) is 2.44. The topological polar surface area (TPSA) is 57.7 Å². The number of sulfonamides is 1. The molecule has 0 N–H and O–H groups in total. The molecule has 0 atom stereocenters. The molecule has 0 heterocycles. The quantitative estimate of drug-likeness (QED) is 0.773. The maximum absolute atomic E-state index is 12.3. The molecule has 0 spiro atoms. The number of carbonyl (C=O) groups excluding carboxylic acids is 1. The highest BCUT2D eigenvalue weighted by atomic mass is 32.2. The van der Waals surface area contributed by atoms with Crippen LogP contribution in [0.1, 0.15) is 30.9 Å². The molecular formula is C16H26N2O3S. The molecule has 0 saturated heterocycles. The van der Waals surface area contributed by atoms with Gasteiger partial charge in [-0.05, 0) is 37.5 Å². The molecule has 0 aliphatic heterocycles. The predicted molar refractivity (Wildman–Crippen MR) is 90.7 cm³/mol. The summed E-state index contributed by atoms with van der Waals surface area (Å²) in [5.74, 6) is -0.195. The molecule has 0 fully saturated rings. The van der Waals surface area contributed by atoms with Crippen molar-refractivity contribution in [3.8, 4) is 0 Å². The monoisotopic (exact) mass is 326 g/mol. The van der Waals surface area contributed by atoms with Crippen LogP contribution in [0.3, 0.4) is 0 Å². The molecule has 1 amide bonds. The van der Waals surface area contributed by atoms with Gasteiger partial charge in [-0.15, -0.1) is 0 Å². The van der Waals surface area contributed by atoms with Gasteiger partial charge < -0.3 is 4.90 Å². The van der Waals surface area contributed by atoms with Gasteiger partial charge in [0.25, 0.3) is 0 Å². The fourth-order valence-electron chi connectivity index (χ4n) is 2.15. The minimum absolute atomic E-state index is 0.163. The maximum atomic E-state index is 12.3. The standard InChI is InChI=1S/C16H26N2O3S/c1-6-7-11-17(4)16(19)12-18(22(5,20)21)15-10-8-9-13(2)14(15)3/h8-10H,6-7,11-12H2,1-5H3. The Morgan fingerprint density at radius 1 is 1.23 bits per heavy atom. The van der Waals surface area contributed by atoms with Gasteiger partial charge in [-0.3, -0.25) is 9.10 Å². The predicted octanol–water partition coefficient (Wildman–Crippen LogP) is 2.33. The van der Waals surface area contributed by atoms with E-state index in [2.05, 4.69) is 6.92 Å². The van der Waals surface area contributed by atoms with Crippen LogP contribution in [-0.4, -0.2) is 45.6 Å². The minimum atomic E-state index is -3.52. The third-order valence-corrected chi connectivity index (χ3v) is 4.92. The van der Waals surface area contributed by atoms with E-state index >= 15 is 0 Å². The van der Waals surface area contributed by atoms with Gasteiger partial charge in [0, 0.05) is 13.6 Å². The van der Waals surface area contributed by atoms with Gasteiger partial charge in [0.2, 0.25) is 15.9 Å². The van der Waals surface area contributed by atoms with Gasteiger partial charge in [0.1, 0.15) is 6.54 Å². The summed E-state index contributed by atoms with van der Waals surface area (Å²) in [5, 5.41) is 0. The largest absolute Gasteiger partial charge is 0.344 e. The smallest absolute Gasteiger partial charge is 0.243 e. The third kappa shape index (κ3) is 4.73. The number of anilines is 1. The van der Waals surface area contributed by atoms with Crippen LogP contribution in [0.4, 0.5) is 5.69 Å². The molecule has 6 heteroatoms. The van der Waals surface area contributed by atoms with E-state index in [0.29, 0.717) is 12.2 Å². The molecule has 124 valence electrons. The van der Waals surface area contributed by atoms with E-state index in [0.717, 1.165) is 30.2 Å². The highest BCUT2D eigenvalue weighted by molar-refractivity contribution is 7.92. The number of hydrogen-bond donors (Lipinski definition) is 0. The summed E-state index contributed by atoms with van der Waals surface area (Å²) in [6.45, 7) is 6.32. The van der Waals surface area contributed by atoms with Crippen molar-refractivity contribution in [1.29, 1.82) is 0 Å². The molecule has 0 saturated carbocycles. The summed E-state index contributed by atoms with van der Waals surface area (Å²) in [6, 6.07) is 5.47. The van der Waals surface area contributed by atoms with Gasteiger partial charge in [-0.2, -0.15) is 0 Å². The lowest BCUT2D eigenvalue weighted by Crippen LogP contribution is -2.41. The summed E-state index contributed by atoms with van der Waals surface area (Å²) in [5.41, 5.74) is 2.44. The molecule has 1 aromatic carbocycles. The Morgan fingerprint density at radius 2 is 1.86 bits per heavy atom. The Kier molecular flexibility index (Phi) is 6.41. The molecule has 0 aliphatic carbocycles. The molecular weight excluding hydrogens is 300 g/mol. The first kappa shape index (κ1) is 18.5. The second-order valence-corrected chi connectivity index (χ2v) is 7.56. The zero-order chi connectivity index (χ0) is 16.9. The maximum Gasteiger partial charge on any atom is 0.243 e. The second kappa shape index (κ2) is 7.63. The SMILES string of the molecule is CCCCN(C)C(=O)CN(c1cccc(C)c1C)S(C)(=O)=O. The molecule has 5 nitrogen and oxygen atoms in total. The minimum Gasteiger partial charge on any atom is -0.344 e. The van der Waals surface area contributed by atoms with Crippen molar-refractivity contribution in [3.05, 3.63) is 29.3 Å². The Labute approximate surface area is 134 Å². The van der Waals surface area contributed by atoms with Crippen LogP contribution < -0.4 is 4.31 Å². The first-order valence-electron chi connectivity index (χ1n) is 7.46. The normalized spacial score (nSPS) is 11.3. The lowest BCUT2D eigenvalue weighted by molar-refractivity contribution is -0.128. The van der Waals surface area contributed by atoms with E-state index in [-0.39, 0.29) is 12.5 Å². The van der Waals surface area contributed by atoms with Crippen LogP contribution in [0.15, 0.2) is 18.2 Å². The van der Waals surface area contributed by atoms with Gasteiger partial charge in [0.05, 0.1) is 11.9 Å². The molecule has 1 rings (SSSR count). The first-order chi connectivity index (χ1) is 10.2. The number of rotatable bonds is 7. The van der Waals surface area contributed by atoms with Crippen LogP contribution in [0.2, 0.25) is 0 Å². The van der Waals surface area contributed by atoms with Gasteiger partial charge >= 0.3 is 0 Å². The Morgan fingerprint density at radius 3 is 2.41 bits per heavy atom. The fourth-order valence-corrected chi connectivity index (χ4v) is 3.05. The Hall–Kier alpha value is -1.56. The number of carbonyl (C=O) groups is 1. The number of hydrogen-bond acceptors (Lipinski definition) is 3. The van der Waals surface area contributed by atoms with Crippen molar-refractivity contribution in [2.75, 3.05) is 30.7 Å². The summed E-state index contributed by atoms with van der Waals surface area (Å²) in [7, 11) is -1.81. The van der Waals surface area contributed by atoms with E-state index in [1.807, 2.05) is 19.9 Å². The van der Waals surface area contributed by atoms with Crippen LogP contribution in [-0.2, 0) is 14.8 Å². The second-order valence-electron chi connectivity index (χ2n) is 5.66. The number of likely N-dealkylation sites (N-methyl/N-ethyl adjacent to an activating group) is 1. The van der Waals surface area contributed by atoms with Gasteiger partial charge in [-0.1, -0.05) is 25.5 Å². The summed E-state index contributed by atoms with van der Waals surface area (Å²) < 4.78 is 25.4. The zero-order valence-electron chi connectivity index (χ0n) is 14.1. The van der Waals surface area contributed by atoms with E-state index in [1.54, 1.807) is 24.1 Å². The van der Waals surface area contributed by atoms with Gasteiger partial charge in [0.15, 0.2) is 0 Å². The molecule has 22 heavy (non-hydrogen) atoms. The van der Waals surface area contributed by atoms with E-state index < -0.39 is 10.0 Å². The summed E-state index contributed by atoms with van der Waals surface area (Å²) in [4.78, 5) is 13.9. The van der Waals surface area contributed by atoms with Crippen molar-refractivity contribution in [2.24, 2.45) is 0 Å². The lowest BCUT2D eigenvalue weighted by atomic mass is 10.1. The Balaban J connectivity index is 3.06. The fraction of sp³-hybridized carbons (Fsp3) is 0.562. The number of benzene rings is 1. The molecule has 0 radical (unpaired) electrons. The van der Waals surface area contributed by atoms with Gasteiger partial charge in [-0.25, -0.2) is 8.42 Å². The molecule has 0 unspecified atom stereocenters. The van der Waals surface area contributed by atoms with Crippen molar-refractivity contribution >= 4 is 21.6 Å². The van der Waals surface area contributed by atoms with Crippen molar-refractivity contribution in [1.82, 2.24) is 4.90 Å². The van der Waals surface area contributed by atoms with E-state index in [9.17, 15) is 13.2 Å². The van der Waals surface area contributed by atoms with Crippen LogP contribution in [0.25, 0.3) is 0 Å². The molecule has 1 aromatic rings. The summed E-state index contributed by atoms with van der Waals surface area (Å²) in [6.07, 6.45) is 3.03.